The lowest BCUT2D eigenvalue weighted by Gasteiger charge is -2.21. The van der Waals surface area contributed by atoms with E-state index in [9.17, 15) is 9.59 Å². The van der Waals surface area contributed by atoms with E-state index in [4.69, 9.17) is 5.11 Å². The second-order valence-electron chi connectivity index (χ2n) is 4.75. The first-order chi connectivity index (χ1) is 8.65. The van der Waals surface area contributed by atoms with E-state index in [1.807, 2.05) is 30.3 Å². The lowest BCUT2D eigenvalue weighted by atomic mass is 10.0. The van der Waals surface area contributed by atoms with Gasteiger partial charge >= 0.3 is 5.97 Å². The molecule has 1 N–H and O–H groups in total. The molecule has 0 saturated carbocycles. The molecule has 2 rings (SSSR count). The predicted octanol–water partition coefficient (Wildman–Crippen LogP) is 1.55. The molecule has 0 spiro atoms. The van der Waals surface area contributed by atoms with Gasteiger partial charge in [0.05, 0.1) is 5.92 Å². The smallest absolute Gasteiger partial charge is 0.308 e. The fourth-order valence-corrected chi connectivity index (χ4v) is 2.28. The van der Waals surface area contributed by atoms with Gasteiger partial charge in [-0.2, -0.15) is 0 Å². The number of hydrogen-bond donors (Lipinski definition) is 1. The maximum absolute atomic E-state index is 11.5. The fourth-order valence-electron chi connectivity index (χ4n) is 2.28. The summed E-state index contributed by atoms with van der Waals surface area (Å²) in [5, 5.41) is 9.09. The number of carboxylic acid groups (broad SMARTS) is 1. The Morgan fingerprint density at radius 1 is 1.33 bits per heavy atom. The molecule has 96 valence electrons. The first-order valence-corrected chi connectivity index (χ1v) is 6.16. The Bertz CT molecular complexity index is 430. The Kier molecular flexibility index (Phi) is 4.10. The molecular weight excluding hydrogens is 230 g/mol. The highest BCUT2D eigenvalue weighted by Gasteiger charge is 2.27. The Morgan fingerprint density at radius 3 is 2.72 bits per heavy atom. The van der Waals surface area contributed by atoms with Crippen molar-refractivity contribution in [2.45, 2.75) is 19.4 Å². The van der Waals surface area contributed by atoms with E-state index in [0.717, 1.165) is 5.56 Å². The first-order valence-electron chi connectivity index (χ1n) is 6.16. The highest BCUT2D eigenvalue weighted by Crippen LogP contribution is 2.16. The van der Waals surface area contributed by atoms with Gasteiger partial charge in [0, 0.05) is 32.5 Å². The molecule has 0 radical (unpaired) electrons. The number of rotatable bonds is 3. The maximum Gasteiger partial charge on any atom is 0.308 e. The van der Waals surface area contributed by atoms with Crippen LogP contribution in [0.25, 0.3) is 0 Å². The van der Waals surface area contributed by atoms with Gasteiger partial charge in [0.25, 0.3) is 0 Å². The number of carboxylic acids is 1. The Hall–Kier alpha value is -1.68. The number of Topliss-reactive ketones (excluding diaryl/α,β-unsaturated/α-hetero) is 1. The normalized spacial score (nSPS) is 21.6. The Morgan fingerprint density at radius 2 is 2.06 bits per heavy atom. The zero-order valence-corrected chi connectivity index (χ0v) is 10.2. The SMILES string of the molecule is O=C1CCN(Cc2ccccc2)CC(C(=O)O)C1. The molecular formula is C14H17NO3. The van der Waals surface area contributed by atoms with Crippen LogP contribution in [0, 0.1) is 5.92 Å². The topological polar surface area (TPSA) is 57.6 Å². The monoisotopic (exact) mass is 247 g/mol. The summed E-state index contributed by atoms with van der Waals surface area (Å²) < 4.78 is 0. The van der Waals surface area contributed by atoms with Gasteiger partial charge < -0.3 is 5.11 Å². The van der Waals surface area contributed by atoms with Gasteiger partial charge in [0.2, 0.25) is 0 Å². The molecule has 18 heavy (non-hydrogen) atoms. The third kappa shape index (κ3) is 3.40. The van der Waals surface area contributed by atoms with Gasteiger partial charge in [-0.15, -0.1) is 0 Å². The van der Waals surface area contributed by atoms with Crippen LogP contribution >= 0.6 is 0 Å². The molecule has 1 aliphatic heterocycles. The van der Waals surface area contributed by atoms with E-state index in [2.05, 4.69) is 4.90 Å². The molecule has 0 aliphatic carbocycles. The van der Waals surface area contributed by atoms with Crippen LogP contribution in [0.15, 0.2) is 30.3 Å². The van der Waals surface area contributed by atoms with Gasteiger partial charge in [-0.3, -0.25) is 14.5 Å². The molecule has 1 aromatic rings. The quantitative estimate of drug-likeness (QED) is 0.880. The lowest BCUT2D eigenvalue weighted by Crippen LogP contribution is -2.31. The molecule has 0 bridgehead atoms. The molecule has 0 amide bonds. The van der Waals surface area contributed by atoms with Crippen molar-refractivity contribution >= 4 is 11.8 Å². The van der Waals surface area contributed by atoms with Crippen LogP contribution in [-0.4, -0.2) is 34.8 Å². The summed E-state index contributed by atoms with van der Waals surface area (Å²) in [5.41, 5.74) is 1.15. The molecule has 1 heterocycles. The number of carbonyl (C=O) groups excluding carboxylic acids is 1. The van der Waals surface area contributed by atoms with Crippen LogP contribution in [0.3, 0.4) is 0 Å². The third-order valence-corrected chi connectivity index (χ3v) is 3.26. The van der Waals surface area contributed by atoms with Crippen LogP contribution in [-0.2, 0) is 16.1 Å². The van der Waals surface area contributed by atoms with Crippen molar-refractivity contribution in [3.05, 3.63) is 35.9 Å². The van der Waals surface area contributed by atoms with E-state index in [1.165, 1.54) is 0 Å². The largest absolute Gasteiger partial charge is 0.481 e. The third-order valence-electron chi connectivity index (χ3n) is 3.26. The summed E-state index contributed by atoms with van der Waals surface area (Å²) in [7, 11) is 0. The van der Waals surface area contributed by atoms with Crippen LogP contribution in [0.2, 0.25) is 0 Å². The summed E-state index contributed by atoms with van der Waals surface area (Å²) in [6, 6.07) is 9.92. The summed E-state index contributed by atoms with van der Waals surface area (Å²) in [4.78, 5) is 24.6. The van der Waals surface area contributed by atoms with E-state index in [-0.39, 0.29) is 12.2 Å². The van der Waals surface area contributed by atoms with Gasteiger partial charge in [-0.1, -0.05) is 30.3 Å². The van der Waals surface area contributed by atoms with Crippen molar-refractivity contribution < 1.29 is 14.7 Å². The van der Waals surface area contributed by atoms with E-state index >= 15 is 0 Å². The van der Waals surface area contributed by atoms with Gasteiger partial charge in [-0.25, -0.2) is 0 Å². The van der Waals surface area contributed by atoms with Crippen molar-refractivity contribution in [1.29, 1.82) is 0 Å². The van der Waals surface area contributed by atoms with Crippen LogP contribution in [0.1, 0.15) is 18.4 Å². The van der Waals surface area contributed by atoms with Crippen molar-refractivity contribution in [2.24, 2.45) is 5.92 Å². The van der Waals surface area contributed by atoms with E-state index < -0.39 is 11.9 Å². The molecule has 4 heteroatoms. The zero-order valence-electron chi connectivity index (χ0n) is 10.2. The zero-order chi connectivity index (χ0) is 13.0. The number of carbonyl (C=O) groups is 2. The Labute approximate surface area is 106 Å². The molecule has 1 fully saturated rings. The second-order valence-corrected chi connectivity index (χ2v) is 4.75. The highest BCUT2D eigenvalue weighted by atomic mass is 16.4. The van der Waals surface area contributed by atoms with E-state index in [0.29, 0.717) is 26.1 Å². The predicted molar refractivity (Wildman–Crippen MR) is 67.1 cm³/mol. The number of nitrogens with zero attached hydrogens (tertiary/aromatic N) is 1. The van der Waals surface area contributed by atoms with Gasteiger partial charge in [-0.05, 0) is 5.56 Å². The summed E-state index contributed by atoms with van der Waals surface area (Å²) in [5.74, 6) is -1.38. The Balaban J connectivity index is 2.03. The second kappa shape index (κ2) is 5.78. The highest BCUT2D eigenvalue weighted by molar-refractivity contribution is 5.84. The lowest BCUT2D eigenvalue weighted by molar-refractivity contribution is -0.143. The van der Waals surface area contributed by atoms with Crippen LogP contribution < -0.4 is 0 Å². The fraction of sp³-hybridized carbons (Fsp3) is 0.429. The number of hydrogen-bond acceptors (Lipinski definition) is 3. The van der Waals surface area contributed by atoms with Crippen LogP contribution in [0.5, 0.6) is 0 Å². The molecule has 1 unspecified atom stereocenters. The number of benzene rings is 1. The average molecular weight is 247 g/mol. The summed E-state index contributed by atoms with van der Waals surface area (Å²) >= 11 is 0. The van der Waals surface area contributed by atoms with Crippen molar-refractivity contribution in [3.63, 3.8) is 0 Å². The molecule has 0 aromatic heterocycles. The summed E-state index contributed by atoms with van der Waals surface area (Å²) in [6.45, 7) is 1.81. The van der Waals surface area contributed by atoms with Crippen molar-refractivity contribution in [2.75, 3.05) is 13.1 Å². The number of likely N-dealkylation sites (tertiary alicyclic amines) is 1. The average Bonchev–Trinajstić information content (AvgIpc) is 2.53. The number of aliphatic carboxylic acids is 1. The van der Waals surface area contributed by atoms with E-state index in [1.54, 1.807) is 0 Å². The van der Waals surface area contributed by atoms with Gasteiger partial charge in [0.15, 0.2) is 0 Å². The molecule has 4 nitrogen and oxygen atoms in total. The molecule has 1 aromatic carbocycles. The van der Waals surface area contributed by atoms with Crippen molar-refractivity contribution in [1.82, 2.24) is 4.90 Å². The number of ketones is 1. The van der Waals surface area contributed by atoms with Gasteiger partial charge in [0.1, 0.15) is 5.78 Å². The summed E-state index contributed by atoms with van der Waals surface area (Å²) in [6.07, 6.45) is 0.622. The maximum atomic E-state index is 11.5. The first kappa shape index (κ1) is 12.8. The minimum atomic E-state index is -0.872. The standard InChI is InChI=1S/C14H17NO3/c16-13-6-7-15(10-12(8-13)14(17)18)9-11-4-2-1-3-5-11/h1-5,12H,6-10H2,(H,17,18). The molecule has 1 saturated heterocycles. The van der Waals surface area contributed by atoms with Crippen LogP contribution in [0.4, 0.5) is 0 Å². The minimum Gasteiger partial charge on any atom is -0.481 e. The van der Waals surface area contributed by atoms with Crippen molar-refractivity contribution in [3.8, 4) is 0 Å². The molecule has 1 aliphatic rings. The minimum absolute atomic E-state index is 0.0537. The molecule has 1 atom stereocenters.